The van der Waals surface area contributed by atoms with E-state index < -0.39 is 30.2 Å². The van der Waals surface area contributed by atoms with Crippen molar-refractivity contribution in [1.29, 1.82) is 0 Å². The summed E-state index contributed by atoms with van der Waals surface area (Å²) < 4.78 is 29.9. The molecule has 3 atom stereocenters. The number of ether oxygens (including phenoxy) is 3. The van der Waals surface area contributed by atoms with Gasteiger partial charge in [0, 0.05) is 5.69 Å². The molecule has 0 radical (unpaired) electrons. The maximum absolute atomic E-state index is 13.4. The van der Waals surface area contributed by atoms with Crippen LogP contribution in [0.4, 0.5) is 14.9 Å². The van der Waals surface area contributed by atoms with Gasteiger partial charge in [0.2, 0.25) is 0 Å². The number of methoxy groups -OCH3 is 1. The topological polar surface area (TPSA) is 88.5 Å². The van der Waals surface area contributed by atoms with Gasteiger partial charge in [-0.15, -0.1) is 0 Å². The third-order valence-electron chi connectivity index (χ3n) is 5.22. The summed E-state index contributed by atoms with van der Waals surface area (Å²) in [5, 5.41) is 20.6. The van der Waals surface area contributed by atoms with Crippen molar-refractivity contribution in [2.24, 2.45) is 0 Å². The molecule has 1 saturated heterocycles. The number of hydrogen-bond donors (Lipinski definition) is 2. The molecule has 8 heteroatoms. The number of cyclic esters (lactones) is 1. The molecule has 0 aromatic heterocycles. The number of aliphatic hydroxyl groups is 1. The number of aliphatic hydroxyl groups excluding tert-OH is 1. The van der Waals surface area contributed by atoms with E-state index in [1.165, 1.54) is 48.4 Å². The summed E-state index contributed by atoms with van der Waals surface area (Å²) in [4.78, 5) is 14.1. The Morgan fingerprint density at radius 3 is 2.34 bits per heavy atom. The van der Waals surface area contributed by atoms with Gasteiger partial charge in [0.05, 0.1) is 7.11 Å². The van der Waals surface area contributed by atoms with Gasteiger partial charge < -0.3 is 24.4 Å². The van der Waals surface area contributed by atoms with Crippen LogP contribution in [0, 0.1) is 5.82 Å². The summed E-state index contributed by atoms with van der Waals surface area (Å²) in [6.07, 6.45) is -2.85. The summed E-state index contributed by atoms with van der Waals surface area (Å²) in [5.41, 5.74) is 1.04. The van der Waals surface area contributed by atoms with Gasteiger partial charge in [-0.2, -0.15) is 0 Å². The molecular weight excluding hydrogens is 417 g/mol. The largest absolute Gasteiger partial charge is 0.508 e. The van der Waals surface area contributed by atoms with E-state index in [4.69, 9.17) is 14.2 Å². The minimum atomic E-state index is -1.19. The van der Waals surface area contributed by atoms with Crippen molar-refractivity contribution in [1.82, 2.24) is 0 Å². The van der Waals surface area contributed by atoms with E-state index in [-0.39, 0.29) is 12.4 Å². The van der Waals surface area contributed by atoms with Gasteiger partial charge in [-0.05, 0) is 54.1 Å². The maximum atomic E-state index is 13.4. The molecule has 1 heterocycles. The lowest BCUT2D eigenvalue weighted by Crippen LogP contribution is -2.38. The lowest BCUT2D eigenvalue weighted by Gasteiger charge is -2.27. The van der Waals surface area contributed by atoms with E-state index in [0.717, 1.165) is 0 Å². The second kappa shape index (κ2) is 9.15. The van der Waals surface area contributed by atoms with Crippen LogP contribution >= 0.6 is 0 Å². The molecule has 32 heavy (non-hydrogen) atoms. The van der Waals surface area contributed by atoms with Crippen LogP contribution in [0.2, 0.25) is 0 Å². The number of phenols is 1. The molecule has 0 aliphatic carbocycles. The first-order chi connectivity index (χ1) is 15.5. The normalized spacial score (nSPS) is 18.8. The summed E-state index contributed by atoms with van der Waals surface area (Å²) in [5.74, 6) is 0.564. The molecule has 0 bridgehead atoms. The Morgan fingerprint density at radius 2 is 1.69 bits per heavy atom. The Morgan fingerprint density at radius 1 is 1.03 bits per heavy atom. The SMILES string of the molecule is COc1ccccc1OCC(O)C1OC(=O)N(c2ccc(F)cc2)C1c1ccc(O)cc1. The van der Waals surface area contributed by atoms with Crippen molar-refractivity contribution in [2.45, 2.75) is 18.2 Å². The lowest BCUT2D eigenvalue weighted by molar-refractivity contribution is -0.00688. The van der Waals surface area contributed by atoms with Gasteiger partial charge in [-0.1, -0.05) is 24.3 Å². The van der Waals surface area contributed by atoms with Crippen molar-refractivity contribution in [3.8, 4) is 17.2 Å². The van der Waals surface area contributed by atoms with Crippen molar-refractivity contribution >= 4 is 11.8 Å². The number of halogens is 1. The number of nitrogens with zero attached hydrogens (tertiary/aromatic N) is 1. The quantitative estimate of drug-likeness (QED) is 0.578. The van der Waals surface area contributed by atoms with Crippen molar-refractivity contribution < 1.29 is 33.6 Å². The standard InChI is InChI=1S/C24H22FNO6/c1-30-20-4-2-3-5-21(20)31-14-19(28)23-22(15-6-12-18(27)13-7-15)26(24(29)32-23)17-10-8-16(25)9-11-17/h2-13,19,22-23,27-28H,14H2,1H3. The number of amides is 1. The van der Waals surface area contributed by atoms with Crippen LogP contribution < -0.4 is 14.4 Å². The summed E-state index contributed by atoms with van der Waals surface area (Å²) in [6.45, 7) is -0.163. The van der Waals surface area contributed by atoms with Crippen molar-refractivity contribution in [3.63, 3.8) is 0 Å². The highest BCUT2D eigenvalue weighted by atomic mass is 19.1. The first-order valence-corrected chi connectivity index (χ1v) is 9.96. The second-order valence-electron chi connectivity index (χ2n) is 7.26. The van der Waals surface area contributed by atoms with Gasteiger partial charge >= 0.3 is 6.09 Å². The summed E-state index contributed by atoms with van der Waals surface area (Å²) in [7, 11) is 1.51. The van der Waals surface area contributed by atoms with Crippen LogP contribution in [-0.2, 0) is 4.74 Å². The van der Waals surface area contributed by atoms with Crippen LogP contribution in [0.15, 0.2) is 72.8 Å². The van der Waals surface area contributed by atoms with Gasteiger partial charge in [0.1, 0.15) is 30.3 Å². The maximum Gasteiger partial charge on any atom is 0.415 e. The Balaban J connectivity index is 1.62. The molecule has 0 spiro atoms. The van der Waals surface area contributed by atoms with E-state index in [0.29, 0.717) is 22.7 Å². The zero-order valence-electron chi connectivity index (χ0n) is 17.2. The van der Waals surface area contributed by atoms with E-state index in [2.05, 4.69) is 0 Å². The number of carbonyl (C=O) groups excluding carboxylic acids is 1. The molecular formula is C24H22FNO6. The number of hydrogen-bond acceptors (Lipinski definition) is 6. The van der Waals surface area contributed by atoms with E-state index >= 15 is 0 Å². The molecule has 166 valence electrons. The fraction of sp³-hybridized carbons (Fsp3) is 0.208. The summed E-state index contributed by atoms with van der Waals surface area (Å²) in [6, 6.07) is 17.9. The predicted molar refractivity (Wildman–Crippen MR) is 114 cm³/mol. The number of phenolic OH excluding ortho intramolecular Hbond substituents is 1. The number of para-hydroxylation sites is 2. The van der Waals surface area contributed by atoms with Gasteiger partial charge in [0.25, 0.3) is 0 Å². The monoisotopic (exact) mass is 439 g/mol. The molecule has 7 nitrogen and oxygen atoms in total. The van der Waals surface area contributed by atoms with Crippen molar-refractivity contribution in [2.75, 3.05) is 18.6 Å². The fourth-order valence-electron chi connectivity index (χ4n) is 3.67. The predicted octanol–water partition coefficient (Wildman–Crippen LogP) is 4.05. The highest BCUT2D eigenvalue weighted by Gasteiger charge is 2.47. The molecule has 1 amide bonds. The molecule has 1 fully saturated rings. The molecule has 1 aliphatic heterocycles. The first kappa shape index (κ1) is 21.5. The van der Waals surface area contributed by atoms with E-state index in [1.54, 1.807) is 36.4 Å². The van der Waals surface area contributed by atoms with Gasteiger partial charge in [-0.25, -0.2) is 9.18 Å². The Labute approximate surface area is 184 Å². The molecule has 3 unspecified atom stereocenters. The average molecular weight is 439 g/mol. The van der Waals surface area contributed by atoms with Gasteiger partial charge in [0.15, 0.2) is 17.6 Å². The number of benzene rings is 3. The van der Waals surface area contributed by atoms with Crippen LogP contribution in [0.5, 0.6) is 17.2 Å². The third kappa shape index (κ3) is 4.31. The fourth-order valence-corrected chi connectivity index (χ4v) is 3.67. The molecule has 0 saturated carbocycles. The van der Waals surface area contributed by atoms with Crippen molar-refractivity contribution in [3.05, 3.63) is 84.2 Å². The van der Waals surface area contributed by atoms with Crippen LogP contribution in [0.1, 0.15) is 11.6 Å². The number of rotatable bonds is 7. The molecule has 1 aliphatic rings. The minimum absolute atomic E-state index is 0.0592. The third-order valence-corrected chi connectivity index (χ3v) is 5.22. The molecule has 3 aromatic rings. The summed E-state index contributed by atoms with van der Waals surface area (Å²) >= 11 is 0. The zero-order chi connectivity index (χ0) is 22.7. The smallest absolute Gasteiger partial charge is 0.415 e. The Hall–Kier alpha value is -3.78. The Kier molecular flexibility index (Phi) is 6.13. The average Bonchev–Trinajstić information content (AvgIpc) is 3.15. The number of carbonyl (C=O) groups is 1. The second-order valence-corrected chi connectivity index (χ2v) is 7.26. The first-order valence-electron chi connectivity index (χ1n) is 9.96. The zero-order valence-corrected chi connectivity index (χ0v) is 17.2. The molecule has 2 N–H and O–H groups in total. The van der Waals surface area contributed by atoms with Crippen LogP contribution in [-0.4, -0.2) is 42.2 Å². The lowest BCUT2D eigenvalue weighted by atomic mass is 9.96. The van der Waals surface area contributed by atoms with Crippen LogP contribution in [0.25, 0.3) is 0 Å². The number of aromatic hydroxyl groups is 1. The Bertz CT molecular complexity index is 1070. The molecule has 3 aromatic carbocycles. The van der Waals surface area contributed by atoms with Gasteiger partial charge in [-0.3, -0.25) is 4.90 Å². The highest BCUT2D eigenvalue weighted by Crippen LogP contribution is 2.39. The molecule has 4 rings (SSSR count). The van der Waals surface area contributed by atoms with E-state index in [9.17, 15) is 19.4 Å². The van der Waals surface area contributed by atoms with E-state index in [1.807, 2.05) is 0 Å². The van der Waals surface area contributed by atoms with Crippen LogP contribution in [0.3, 0.4) is 0 Å². The number of anilines is 1. The highest BCUT2D eigenvalue weighted by molar-refractivity contribution is 5.91. The minimum Gasteiger partial charge on any atom is -0.508 e.